The smallest absolute Gasteiger partial charge is 0.284 e. The first-order chi connectivity index (χ1) is 5.33. The number of carbonyl (C=O) groups is 2. The number of oxazole rings is 1. The zero-order chi connectivity index (χ0) is 8.10. The Balaban J connectivity index is 2.34. The predicted octanol–water partition coefficient (Wildman–Crippen LogP) is -0.510. The fourth-order valence-electron chi connectivity index (χ4n) is 0.545. The molecular weight excluding hydrogens is 148 g/mol. The molecule has 0 atom stereocenters. The predicted molar refractivity (Wildman–Crippen MR) is 34.4 cm³/mol. The summed E-state index contributed by atoms with van der Waals surface area (Å²) in [6, 6.07) is 0. The van der Waals surface area contributed by atoms with E-state index in [0.29, 0.717) is 5.89 Å². The van der Waals surface area contributed by atoms with E-state index in [4.69, 9.17) is 4.42 Å². The molecule has 0 aliphatic heterocycles. The minimum absolute atomic E-state index is 0.143. The fourth-order valence-corrected chi connectivity index (χ4v) is 0.545. The summed E-state index contributed by atoms with van der Waals surface area (Å²) >= 11 is 0. The molecule has 1 aromatic heterocycles. The van der Waals surface area contributed by atoms with Crippen LogP contribution in [0.1, 0.15) is 5.89 Å². The molecule has 1 amide bonds. The quantitative estimate of drug-likeness (QED) is 0.470. The molecule has 0 radical (unpaired) electrons. The van der Waals surface area contributed by atoms with Gasteiger partial charge in [-0.3, -0.25) is 9.59 Å². The minimum atomic E-state index is -0.678. The molecule has 0 saturated heterocycles. The molecule has 11 heavy (non-hydrogen) atoms. The van der Waals surface area contributed by atoms with Gasteiger partial charge in [0.2, 0.25) is 12.2 Å². The maximum absolute atomic E-state index is 10.4. The zero-order valence-electron chi connectivity index (χ0n) is 5.61. The molecule has 58 valence electrons. The van der Waals surface area contributed by atoms with Crippen molar-refractivity contribution in [2.24, 2.45) is 0 Å². The summed E-state index contributed by atoms with van der Waals surface area (Å²) in [6.07, 6.45) is 3.05. The van der Waals surface area contributed by atoms with Gasteiger partial charge in [0.25, 0.3) is 5.91 Å². The van der Waals surface area contributed by atoms with E-state index in [2.05, 4.69) is 10.3 Å². The van der Waals surface area contributed by atoms with Crippen LogP contribution in [0.5, 0.6) is 0 Å². The normalized spacial score (nSPS) is 9.09. The molecule has 0 unspecified atom stereocenters. The van der Waals surface area contributed by atoms with E-state index < -0.39 is 5.91 Å². The number of aldehydes is 1. The average Bonchev–Trinajstić information content (AvgIpc) is 2.52. The molecule has 5 nitrogen and oxygen atoms in total. The van der Waals surface area contributed by atoms with Crippen LogP contribution < -0.4 is 5.32 Å². The van der Waals surface area contributed by atoms with Gasteiger partial charge in [-0.2, -0.15) is 0 Å². The molecule has 1 rings (SSSR count). The monoisotopic (exact) mass is 154 g/mol. The molecule has 0 aromatic carbocycles. The third-order valence-electron chi connectivity index (χ3n) is 1.00. The third kappa shape index (κ3) is 2.21. The van der Waals surface area contributed by atoms with Gasteiger partial charge >= 0.3 is 0 Å². The van der Waals surface area contributed by atoms with Crippen molar-refractivity contribution in [1.82, 2.24) is 10.3 Å². The summed E-state index contributed by atoms with van der Waals surface area (Å²) in [6.45, 7) is 0.143. The van der Waals surface area contributed by atoms with Gasteiger partial charge in [-0.15, -0.1) is 0 Å². The van der Waals surface area contributed by atoms with E-state index >= 15 is 0 Å². The van der Waals surface area contributed by atoms with Crippen LogP contribution in [-0.2, 0) is 16.1 Å². The fraction of sp³-hybridized carbons (Fsp3) is 0.167. The Kier molecular flexibility index (Phi) is 2.37. The first-order valence-electron chi connectivity index (χ1n) is 2.94. The molecule has 0 spiro atoms. The standard InChI is InChI=1S/C6H6N2O3/c9-4-5(10)8-3-6-7-1-2-11-6/h1-2,4H,3H2,(H,8,10). The zero-order valence-corrected chi connectivity index (χ0v) is 5.61. The van der Waals surface area contributed by atoms with Crippen molar-refractivity contribution in [2.45, 2.75) is 6.54 Å². The van der Waals surface area contributed by atoms with E-state index in [1.165, 1.54) is 12.5 Å². The van der Waals surface area contributed by atoms with E-state index in [1.54, 1.807) is 0 Å². The van der Waals surface area contributed by atoms with Crippen molar-refractivity contribution in [1.29, 1.82) is 0 Å². The first kappa shape index (κ1) is 7.46. The van der Waals surface area contributed by atoms with Crippen molar-refractivity contribution in [3.63, 3.8) is 0 Å². The van der Waals surface area contributed by atoms with Crippen LogP contribution >= 0.6 is 0 Å². The highest BCUT2D eigenvalue weighted by Gasteiger charge is 1.99. The molecule has 1 heterocycles. The molecule has 0 aliphatic carbocycles. The number of carbonyl (C=O) groups excluding carboxylic acids is 2. The second-order valence-electron chi connectivity index (χ2n) is 1.76. The highest BCUT2D eigenvalue weighted by molar-refractivity contribution is 6.23. The maximum atomic E-state index is 10.4. The highest BCUT2D eigenvalue weighted by atomic mass is 16.3. The largest absolute Gasteiger partial charge is 0.447 e. The Morgan fingerprint density at radius 2 is 2.64 bits per heavy atom. The van der Waals surface area contributed by atoms with Crippen LogP contribution in [0.2, 0.25) is 0 Å². The number of amides is 1. The number of rotatable bonds is 3. The van der Waals surface area contributed by atoms with Crippen LogP contribution in [0.25, 0.3) is 0 Å². The third-order valence-corrected chi connectivity index (χ3v) is 1.00. The number of nitrogens with one attached hydrogen (secondary N) is 1. The van der Waals surface area contributed by atoms with Crippen molar-refractivity contribution in [3.8, 4) is 0 Å². The second-order valence-corrected chi connectivity index (χ2v) is 1.76. The van der Waals surface area contributed by atoms with Gasteiger partial charge in [0.05, 0.1) is 12.7 Å². The molecule has 0 aliphatic rings. The van der Waals surface area contributed by atoms with Crippen molar-refractivity contribution in [3.05, 3.63) is 18.4 Å². The summed E-state index contributed by atoms with van der Waals surface area (Å²) in [5, 5.41) is 2.27. The van der Waals surface area contributed by atoms with E-state index in [9.17, 15) is 9.59 Å². The Bertz CT molecular complexity index is 242. The van der Waals surface area contributed by atoms with Crippen molar-refractivity contribution in [2.75, 3.05) is 0 Å². The first-order valence-corrected chi connectivity index (χ1v) is 2.94. The number of hydrogen-bond donors (Lipinski definition) is 1. The van der Waals surface area contributed by atoms with E-state index in [0.717, 1.165) is 0 Å². The molecule has 0 saturated carbocycles. The van der Waals surface area contributed by atoms with Gasteiger partial charge in [0, 0.05) is 0 Å². The van der Waals surface area contributed by atoms with Crippen LogP contribution in [0, 0.1) is 0 Å². The molecule has 0 fully saturated rings. The van der Waals surface area contributed by atoms with E-state index in [1.807, 2.05) is 0 Å². The lowest BCUT2D eigenvalue weighted by molar-refractivity contribution is -0.131. The van der Waals surface area contributed by atoms with Gasteiger partial charge < -0.3 is 9.73 Å². The number of nitrogens with zero attached hydrogens (tertiary/aromatic N) is 1. The van der Waals surface area contributed by atoms with Crippen molar-refractivity contribution >= 4 is 12.2 Å². The maximum Gasteiger partial charge on any atom is 0.284 e. The Hall–Kier alpha value is -1.65. The Morgan fingerprint density at radius 3 is 3.18 bits per heavy atom. The minimum Gasteiger partial charge on any atom is -0.447 e. The van der Waals surface area contributed by atoms with Gasteiger partial charge in [-0.1, -0.05) is 0 Å². The summed E-state index contributed by atoms with van der Waals surface area (Å²) in [7, 11) is 0. The molecular formula is C6H6N2O3. The van der Waals surface area contributed by atoms with Crippen LogP contribution in [-0.4, -0.2) is 17.2 Å². The molecule has 1 N–H and O–H groups in total. The lowest BCUT2D eigenvalue weighted by Gasteiger charge is -1.93. The summed E-state index contributed by atoms with van der Waals surface area (Å²) in [5.74, 6) is -0.302. The number of hydrogen-bond acceptors (Lipinski definition) is 4. The second kappa shape index (κ2) is 3.50. The molecule has 1 aromatic rings. The van der Waals surface area contributed by atoms with E-state index in [-0.39, 0.29) is 12.8 Å². The lowest BCUT2D eigenvalue weighted by Crippen LogP contribution is -2.23. The number of aromatic nitrogens is 1. The highest BCUT2D eigenvalue weighted by Crippen LogP contribution is 1.91. The lowest BCUT2D eigenvalue weighted by atomic mass is 10.6. The Morgan fingerprint density at radius 1 is 1.82 bits per heavy atom. The van der Waals surface area contributed by atoms with Crippen LogP contribution in [0.3, 0.4) is 0 Å². The summed E-state index contributed by atoms with van der Waals surface area (Å²) in [4.78, 5) is 23.9. The summed E-state index contributed by atoms with van der Waals surface area (Å²) < 4.78 is 4.79. The average molecular weight is 154 g/mol. The topological polar surface area (TPSA) is 72.2 Å². The van der Waals surface area contributed by atoms with Crippen molar-refractivity contribution < 1.29 is 14.0 Å². The van der Waals surface area contributed by atoms with Gasteiger partial charge in [-0.05, 0) is 0 Å². The summed E-state index contributed by atoms with van der Waals surface area (Å²) in [5.41, 5.74) is 0. The van der Waals surface area contributed by atoms with Crippen LogP contribution in [0.15, 0.2) is 16.9 Å². The molecule has 0 bridgehead atoms. The van der Waals surface area contributed by atoms with Crippen LogP contribution in [0.4, 0.5) is 0 Å². The molecule has 5 heteroatoms. The van der Waals surface area contributed by atoms with Gasteiger partial charge in [0.15, 0.2) is 0 Å². The van der Waals surface area contributed by atoms with Gasteiger partial charge in [-0.25, -0.2) is 4.98 Å². The Labute approximate surface area is 62.4 Å². The SMILES string of the molecule is O=CC(=O)NCc1ncco1. The van der Waals surface area contributed by atoms with Gasteiger partial charge in [0.1, 0.15) is 6.26 Å².